The Bertz CT molecular complexity index is 146. The Labute approximate surface area is 59.2 Å². The third kappa shape index (κ3) is 1.72. The molecule has 0 saturated carbocycles. The van der Waals surface area contributed by atoms with Crippen molar-refractivity contribution in [3.63, 3.8) is 0 Å². The molecule has 1 saturated heterocycles. The number of hydrogen-bond donors (Lipinski definition) is 0. The molecule has 0 N–H and O–H groups in total. The standard InChI is InChI=1S/C4H9O3PS/c1-3-4(2)7-8(5,9)6-3/h3-4H,1-2H3,(H,5,9)/p-1/t3-,4+,8?. The Kier molecular flexibility index (Phi) is 1.94. The summed E-state index contributed by atoms with van der Waals surface area (Å²) in [5.74, 6) is 0. The average Bonchev–Trinajstić information content (AvgIpc) is 1.79. The summed E-state index contributed by atoms with van der Waals surface area (Å²) in [5, 5.41) is 0. The fraction of sp³-hybridized carbons (Fsp3) is 1.00. The predicted molar refractivity (Wildman–Crippen MR) is 35.4 cm³/mol. The fourth-order valence-corrected chi connectivity index (χ4v) is 2.63. The van der Waals surface area contributed by atoms with Crippen LogP contribution < -0.4 is 4.89 Å². The van der Waals surface area contributed by atoms with Crippen molar-refractivity contribution in [3.8, 4) is 0 Å². The molecule has 54 valence electrons. The van der Waals surface area contributed by atoms with Gasteiger partial charge in [-0.25, -0.2) is 0 Å². The van der Waals surface area contributed by atoms with Gasteiger partial charge in [-0.3, -0.25) is 0 Å². The topological polar surface area (TPSA) is 41.5 Å². The normalized spacial score (nSPS) is 51.9. The largest absolute Gasteiger partial charge is 0.780 e. The van der Waals surface area contributed by atoms with Gasteiger partial charge >= 0.3 is 0 Å². The van der Waals surface area contributed by atoms with E-state index >= 15 is 0 Å². The minimum atomic E-state index is -3.07. The molecule has 0 spiro atoms. The quantitative estimate of drug-likeness (QED) is 0.489. The van der Waals surface area contributed by atoms with E-state index in [0.29, 0.717) is 0 Å². The minimum Gasteiger partial charge on any atom is -0.780 e. The highest BCUT2D eigenvalue weighted by Crippen LogP contribution is 2.48. The smallest absolute Gasteiger partial charge is 0.116 e. The molecule has 0 aromatic carbocycles. The van der Waals surface area contributed by atoms with Gasteiger partial charge in [0.1, 0.15) is 6.72 Å². The van der Waals surface area contributed by atoms with E-state index in [1.807, 2.05) is 0 Å². The maximum absolute atomic E-state index is 10.8. The first kappa shape index (κ1) is 7.63. The molecule has 0 aromatic heterocycles. The zero-order chi connectivity index (χ0) is 7.07. The van der Waals surface area contributed by atoms with E-state index in [9.17, 15) is 4.89 Å². The molecule has 1 aliphatic heterocycles. The highest BCUT2D eigenvalue weighted by molar-refractivity contribution is 8.06. The molecule has 1 heterocycles. The predicted octanol–water partition coefficient (Wildman–Crippen LogP) is 0.395. The van der Waals surface area contributed by atoms with Gasteiger partial charge in [0.25, 0.3) is 0 Å². The van der Waals surface area contributed by atoms with Crippen LogP contribution in [0.15, 0.2) is 0 Å². The SMILES string of the molecule is C[C@@H]1OP([O-])(=S)O[C@@H]1C. The van der Waals surface area contributed by atoms with Gasteiger partial charge in [-0.15, -0.1) is 0 Å². The Hall–Kier alpha value is 0.530. The molecule has 0 radical (unpaired) electrons. The van der Waals surface area contributed by atoms with Crippen LogP contribution in [0.5, 0.6) is 0 Å². The van der Waals surface area contributed by atoms with Gasteiger partial charge in [0.15, 0.2) is 0 Å². The Morgan fingerprint density at radius 2 is 1.67 bits per heavy atom. The van der Waals surface area contributed by atoms with Gasteiger partial charge < -0.3 is 13.9 Å². The fourth-order valence-electron chi connectivity index (χ4n) is 0.604. The van der Waals surface area contributed by atoms with Crippen molar-refractivity contribution < 1.29 is 13.9 Å². The van der Waals surface area contributed by atoms with E-state index in [-0.39, 0.29) is 12.2 Å². The molecule has 3 atom stereocenters. The zero-order valence-corrected chi connectivity index (χ0v) is 6.95. The van der Waals surface area contributed by atoms with Crippen LogP contribution in [0, 0.1) is 0 Å². The van der Waals surface area contributed by atoms with Crippen LogP contribution in [0.25, 0.3) is 0 Å². The van der Waals surface area contributed by atoms with Gasteiger partial charge in [0.05, 0.1) is 12.2 Å². The summed E-state index contributed by atoms with van der Waals surface area (Å²) in [7, 11) is 0. The number of hydrogen-bond acceptors (Lipinski definition) is 4. The molecule has 0 aromatic rings. The van der Waals surface area contributed by atoms with Gasteiger partial charge in [-0.05, 0) is 13.8 Å². The summed E-state index contributed by atoms with van der Waals surface area (Å²) in [4.78, 5) is 10.8. The summed E-state index contributed by atoms with van der Waals surface area (Å²) in [6.07, 6.45) is -0.262. The lowest BCUT2D eigenvalue weighted by molar-refractivity contribution is -0.197. The summed E-state index contributed by atoms with van der Waals surface area (Å²) in [5.41, 5.74) is 0. The van der Waals surface area contributed by atoms with E-state index in [2.05, 4.69) is 11.8 Å². The monoisotopic (exact) mass is 167 g/mol. The van der Waals surface area contributed by atoms with Crippen LogP contribution in [0.2, 0.25) is 0 Å². The summed E-state index contributed by atoms with van der Waals surface area (Å²) in [6.45, 7) is 0.504. The zero-order valence-electron chi connectivity index (χ0n) is 5.23. The van der Waals surface area contributed by atoms with Crippen molar-refractivity contribution in [3.05, 3.63) is 0 Å². The summed E-state index contributed by atoms with van der Waals surface area (Å²) >= 11 is 4.47. The van der Waals surface area contributed by atoms with Gasteiger partial charge in [0, 0.05) is 0 Å². The Balaban J connectivity index is 2.65. The summed E-state index contributed by atoms with van der Waals surface area (Å²) < 4.78 is 9.62. The van der Waals surface area contributed by atoms with E-state index in [1.54, 1.807) is 13.8 Å². The third-order valence-electron chi connectivity index (χ3n) is 1.25. The van der Waals surface area contributed by atoms with Crippen LogP contribution in [-0.4, -0.2) is 12.2 Å². The van der Waals surface area contributed by atoms with Gasteiger partial charge in [-0.2, -0.15) is 0 Å². The lowest BCUT2D eigenvalue weighted by atomic mass is 10.3. The van der Waals surface area contributed by atoms with E-state index in [1.165, 1.54) is 0 Å². The number of rotatable bonds is 0. The molecular weight excluding hydrogens is 159 g/mol. The highest BCUT2D eigenvalue weighted by Gasteiger charge is 2.27. The van der Waals surface area contributed by atoms with Crippen molar-refractivity contribution in [2.45, 2.75) is 26.1 Å². The van der Waals surface area contributed by atoms with Crippen molar-refractivity contribution in [2.24, 2.45) is 0 Å². The minimum absolute atomic E-state index is 0.131. The molecule has 0 amide bonds. The van der Waals surface area contributed by atoms with Crippen LogP contribution in [0.1, 0.15) is 13.8 Å². The molecule has 0 bridgehead atoms. The van der Waals surface area contributed by atoms with Crippen LogP contribution in [0.4, 0.5) is 0 Å². The maximum atomic E-state index is 10.8. The summed E-state index contributed by atoms with van der Waals surface area (Å²) in [6, 6.07) is 0. The molecule has 3 nitrogen and oxygen atoms in total. The lowest BCUT2D eigenvalue weighted by Crippen LogP contribution is -2.13. The second kappa shape index (κ2) is 2.29. The first-order valence-corrected chi connectivity index (χ1v) is 5.25. The lowest BCUT2D eigenvalue weighted by Gasteiger charge is -2.18. The molecule has 1 aliphatic rings. The highest BCUT2D eigenvalue weighted by atomic mass is 32.5. The van der Waals surface area contributed by atoms with Gasteiger partial charge in [0.2, 0.25) is 0 Å². The van der Waals surface area contributed by atoms with E-state index < -0.39 is 6.72 Å². The van der Waals surface area contributed by atoms with Crippen LogP contribution in [-0.2, 0) is 20.9 Å². The second-order valence-corrected chi connectivity index (χ2v) is 4.73. The van der Waals surface area contributed by atoms with Gasteiger partial charge in [-0.1, -0.05) is 11.8 Å². The molecule has 1 unspecified atom stereocenters. The Morgan fingerprint density at radius 3 is 1.78 bits per heavy atom. The first-order chi connectivity index (χ1) is 4.01. The molecule has 0 aliphatic carbocycles. The Morgan fingerprint density at radius 1 is 1.33 bits per heavy atom. The van der Waals surface area contributed by atoms with E-state index in [4.69, 9.17) is 9.05 Å². The van der Waals surface area contributed by atoms with E-state index in [0.717, 1.165) is 0 Å². The average molecular weight is 167 g/mol. The molecule has 1 fully saturated rings. The van der Waals surface area contributed by atoms with Crippen LogP contribution >= 0.6 is 6.72 Å². The third-order valence-corrected chi connectivity index (χ3v) is 2.95. The first-order valence-electron chi connectivity index (χ1n) is 2.69. The molecule has 9 heavy (non-hydrogen) atoms. The van der Waals surface area contributed by atoms with Crippen molar-refractivity contribution in [1.29, 1.82) is 0 Å². The second-order valence-electron chi connectivity index (χ2n) is 2.07. The molecule has 1 rings (SSSR count). The maximum Gasteiger partial charge on any atom is 0.116 e. The van der Waals surface area contributed by atoms with Crippen molar-refractivity contribution in [1.82, 2.24) is 0 Å². The van der Waals surface area contributed by atoms with Crippen molar-refractivity contribution in [2.75, 3.05) is 0 Å². The molecular formula is C4H8O3PS-. The van der Waals surface area contributed by atoms with Crippen LogP contribution in [0.3, 0.4) is 0 Å². The van der Waals surface area contributed by atoms with Crippen molar-refractivity contribution >= 4 is 18.5 Å². The molecule has 5 heteroatoms.